The van der Waals surface area contributed by atoms with Crippen LogP contribution in [0.1, 0.15) is 207 Å². The number of nitrogens with one attached hydrogen (secondary N) is 15. The van der Waals surface area contributed by atoms with Gasteiger partial charge in [-0.2, -0.15) is 0 Å². The lowest BCUT2D eigenvalue weighted by molar-refractivity contribution is -0.144. The van der Waals surface area contributed by atoms with Crippen LogP contribution in [0.5, 0.6) is 5.75 Å². The van der Waals surface area contributed by atoms with Crippen molar-refractivity contribution < 1.29 is 102 Å². The molecule has 0 bridgehead atoms. The van der Waals surface area contributed by atoms with E-state index in [9.17, 15) is 78.0 Å². The van der Waals surface area contributed by atoms with Gasteiger partial charge in [0.25, 0.3) is 0 Å². The third-order valence-electron chi connectivity index (χ3n) is 23.8. The van der Waals surface area contributed by atoms with Gasteiger partial charge in [-0.05, 0) is 159 Å². The number of rotatable bonds is 38. The fraction of sp³-hybridized carbons (Fsp3) is 0.581. The maximum Gasteiger partial charge on any atom is 0.303 e. The number of carboxylic acid groups (broad SMARTS) is 1. The normalized spacial score (nSPS) is 23.0. The van der Waals surface area contributed by atoms with Crippen molar-refractivity contribution in [3.8, 4) is 5.75 Å². The zero-order valence-corrected chi connectivity index (χ0v) is 76.6. The summed E-state index contributed by atoms with van der Waals surface area (Å²) >= 11 is 0. The van der Waals surface area contributed by atoms with Crippen LogP contribution in [0, 0.1) is 11.8 Å². The third-order valence-corrected chi connectivity index (χ3v) is 23.8. The highest BCUT2D eigenvalue weighted by molar-refractivity contribution is 6.42. The number of Topliss-reactive ketones (excluding diaryl/α,β-unsaturated/α-hetero) is 8. The molecule has 23 N–H and O–H groups in total. The minimum Gasteiger partial charge on any atom is -0.508 e. The smallest absolute Gasteiger partial charge is 0.303 e. The number of aliphatic carboxylic acids is 1. The number of aliphatic hydroxyl groups is 2. The Balaban J connectivity index is 1.40. The van der Waals surface area contributed by atoms with Gasteiger partial charge in [0.1, 0.15) is 53.1 Å². The summed E-state index contributed by atoms with van der Waals surface area (Å²) in [7, 11) is 0. The van der Waals surface area contributed by atoms with Crippen molar-refractivity contribution in [3.63, 3.8) is 0 Å². The summed E-state index contributed by atoms with van der Waals surface area (Å²) in [5.41, 5.74) is 20.6. The molecule has 131 heavy (non-hydrogen) atoms. The minimum absolute atomic E-state index is 0.0147. The van der Waals surface area contributed by atoms with Gasteiger partial charge in [-0.15, -0.1) is 0 Å². The zero-order chi connectivity index (χ0) is 96.7. The van der Waals surface area contributed by atoms with Crippen molar-refractivity contribution >= 4 is 110 Å². The van der Waals surface area contributed by atoms with Crippen LogP contribution in [0.25, 0.3) is 10.9 Å². The fourth-order valence-electron chi connectivity index (χ4n) is 15.3. The molecule has 0 unspecified atom stereocenters. The molecular weight excluding hydrogens is 1690 g/mol. The number of hydrazine groups is 2. The number of aliphatic hydroxyl groups excluding tert-OH is 2. The highest BCUT2D eigenvalue weighted by Gasteiger charge is 2.45. The molecule has 0 saturated heterocycles. The standard InChI is InChI=1S/C93H137N17O21/c1-54(2)43-70(100-59(7)113)86(126)104-83(58(6)112)90(130)102-71(44-60-25-18-17-19-26-60)88(128)105-92(8)40-22-15-13-11-10-12-14-16-23-41-93(9,91(131)103-74(53-111)80(120)52-97-55(3)75(115)39-42-96-57(5)78(118)49-94)106-89(129)73(45-61-27-24-28-61)110-107-67(35-37-81(95)121)77(117)48-76(116)56(4)98-51-79(119)69(47-63-50-99-66-30-21-20-29-65(63)66)101-87(127)72(46-62-31-33-64(114)34-32-62)109-108-68(36-38-82(122)123)84(124)85(92)125/h12,14,17-21,25-26,29-34,50,54-58,61,67-74,83,96-99,107-112,114H,10-11,13,15-16,22-24,27-28,35-49,51-53,94H2,1-9H3,(H2,95,121)(H,100,113)(H,101,127)(H,102,130)(H,103,131)(H,104,126)(H,105,128)(H,106,129)(H,122,123)/b14-12+/t55-,56-,57-,58+,67-,68-,69-,70-,71-,72-,73-,74-,83-,92+,93-/m0/s1. The Morgan fingerprint density at radius 3 is 1.89 bits per heavy atom. The van der Waals surface area contributed by atoms with Gasteiger partial charge < -0.3 is 90.0 Å². The largest absolute Gasteiger partial charge is 0.508 e. The van der Waals surface area contributed by atoms with Crippen molar-refractivity contribution in [3.05, 3.63) is 114 Å². The summed E-state index contributed by atoms with van der Waals surface area (Å²) in [5.74, 6) is -14.4. The number of carbonyl (C=O) groups is 17. The van der Waals surface area contributed by atoms with Gasteiger partial charge in [0.15, 0.2) is 34.7 Å². The number of carbonyl (C=O) groups excluding carboxylic acids is 16. The summed E-state index contributed by atoms with van der Waals surface area (Å²) in [6, 6.07) is 5.06. The number of carboxylic acids is 1. The molecule has 2 aliphatic rings. The van der Waals surface area contributed by atoms with E-state index < -0.39 is 217 Å². The number of ketones is 8. The number of phenols is 1. The molecule has 0 spiro atoms. The maximum absolute atomic E-state index is 15.6. The summed E-state index contributed by atoms with van der Waals surface area (Å²) in [5, 5.41) is 70.5. The summed E-state index contributed by atoms with van der Waals surface area (Å²) < 4.78 is 0. The average Bonchev–Trinajstić information content (AvgIpc) is 1.80. The number of aromatic amines is 1. The van der Waals surface area contributed by atoms with Crippen LogP contribution < -0.4 is 86.3 Å². The van der Waals surface area contributed by atoms with Gasteiger partial charge in [0.2, 0.25) is 58.8 Å². The molecule has 6 rings (SSSR count). The molecule has 1 saturated carbocycles. The number of fused-ring (bicyclic) bond motifs is 1. The van der Waals surface area contributed by atoms with Crippen LogP contribution in [-0.4, -0.2) is 247 Å². The van der Waals surface area contributed by atoms with E-state index in [0.29, 0.717) is 59.7 Å². The molecule has 38 nitrogen and oxygen atoms in total. The van der Waals surface area contributed by atoms with Crippen molar-refractivity contribution in [1.29, 1.82) is 0 Å². The number of allylic oxidation sites excluding steroid dienone is 2. The molecular formula is C93H137N17O21. The van der Waals surface area contributed by atoms with E-state index >= 15 is 24.0 Å². The molecule has 0 radical (unpaired) electrons. The quantitative estimate of drug-likeness (QED) is 0.0168. The fourth-order valence-corrected chi connectivity index (χ4v) is 15.3. The highest BCUT2D eigenvalue weighted by Crippen LogP contribution is 2.31. The number of phenolic OH excluding ortho intramolecular Hbond substituents is 1. The Kier molecular flexibility index (Phi) is 45.4. The van der Waals surface area contributed by atoms with Gasteiger partial charge in [0.05, 0.1) is 75.0 Å². The van der Waals surface area contributed by atoms with Gasteiger partial charge >= 0.3 is 5.97 Å². The molecule has 1 fully saturated rings. The molecule has 4 aromatic rings. The van der Waals surface area contributed by atoms with E-state index in [-0.39, 0.29) is 119 Å². The summed E-state index contributed by atoms with van der Waals surface area (Å²) in [4.78, 5) is 243. The first-order valence-electron chi connectivity index (χ1n) is 45.3. The Morgan fingerprint density at radius 2 is 1.24 bits per heavy atom. The number of H-pyrrole nitrogens is 1. The lowest BCUT2D eigenvalue weighted by atomic mass is 9.80. The number of amides is 8. The molecule has 1 aromatic heterocycles. The Hall–Kier alpha value is -11.1. The monoisotopic (exact) mass is 1830 g/mol. The van der Waals surface area contributed by atoms with Gasteiger partial charge in [-0.25, -0.2) is 21.7 Å². The summed E-state index contributed by atoms with van der Waals surface area (Å²) in [6.07, 6.45) is 5.16. The van der Waals surface area contributed by atoms with Crippen molar-refractivity contribution in [2.24, 2.45) is 23.3 Å². The Bertz CT molecular complexity index is 4580. The lowest BCUT2D eigenvalue weighted by Gasteiger charge is -2.35. The van der Waals surface area contributed by atoms with Crippen molar-refractivity contribution in [2.45, 2.75) is 300 Å². The first kappa shape index (κ1) is 109. The molecule has 720 valence electrons. The van der Waals surface area contributed by atoms with E-state index in [1.807, 2.05) is 12.2 Å². The van der Waals surface area contributed by atoms with E-state index in [0.717, 1.165) is 19.3 Å². The number of primary amides is 1. The second-order valence-electron chi connectivity index (χ2n) is 35.3. The van der Waals surface area contributed by atoms with Crippen molar-refractivity contribution in [2.75, 3.05) is 32.8 Å². The molecule has 38 heteroatoms. The van der Waals surface area contributed by atoms with Crippen LogP contribution in [-0.2, 0) is 101 Å². The highest BCUT2D eigenvalue weighted by atomic mass is 16.4. The number of hydrogen-bond acceptors (Lipinski definition) is 28. The predicted octanol–water partition coefficient (Wildman–Crippen LogP) is 0.804. The molecule has 15 atom stereocenters. The number of para-hydroxylation sites is 1. The molecule has 1 aliphatic heterocycles. The Labute approximate surface area is 764 Å². The van der Waals surface area contributed by atoms with Gasteiger partial charge in [-0.1, -0.05) is 125 Å². The van der Waals surface area contributed by atoms with E-state index in [1.165, 1.54) is 65.8 Å². The summed E-state index contributed by atoms with van der Waals surface area (Å²) in [6.45, 7) is 11.3. The van der Waals surface area contributed by atoms with Gasteiger partial charge in [-0.3, -0.25) is 81.5 Å². The van der Waals surface area contributed by atoms with E-state index in [2.05, 4.69) is 79.9 Å². The maximum atomic E-state index is 15.6. The second kappa shape index (κ2) is 54.7. The molecule has 8 amide bonds. The second-order valence-corrected chi connectivity index (χ2v) is 35.3. The molecule has 1 aliphatic carbocycles. The predicted molar refractivity (Wildman–Crippen MR) is 487 cm³/mol. The van der Waals surface area contributed by atoms with Crippen LogP contribution in [0.15, 0.2) is 97.2 Å². The number of aromatic nitrogens is 1. The zero-order valence-electron chi connectivity index (χ0n) is 76.6. The lowest BCUT2D eigenvalue weighted by Crippen LogP contribution is -2.64. The first-order chi connectivity index (χ1) is 62.1. The number of benzene rings is 3. The van der Waals surface area contributed by atoms with Crippen molar-refractivity contribution in [1.82, 2.24) is 79.9 Å². The third kappa shape index (κ3) is 36.5. The van der Waals surface area contributed by atoms with Crippen LogP contribution >= 0.6 is 0 Å². The van der Waals surface area contributed by atoms with E-state index in [4.69, 9.17) is 11.5 Å². The average molecular weight is 1830 g/mol. The number of nitrogens with two attached hydrogens (primary N) is 2. The van der Waals surface area contributed by atoms with Crippen LogP contribution in [0.2, 0.25) is 0 Å². The molecule has 2 heterocycles. The topological polar surface area (TPSA) is 607 Å². The van der Waals surface area contributed by atoms with E-state index in [1.54, 1.807) is 81.6 Å². The minimum atomic E-state index is -2.19. The SMILES string of the molecule is CC(=O)N[C@@H](CC(C)C)C(=O)N[C@H](C(=O)N[C@@H](Cc1ccccc1)C(=O)N[C@]1(C)CCCCCC/C=C/CCC[C@@](C)(C(=O)N[C@@H](CO)C(=O)CN[C@@H](C)C(=O)CCN[C@@H](C)C(=O)CN)NC(=O)[C@H](CC2CCC2)NN[C@@H](CCC(N)=O)C(=O)CC(=O)[C@H](C)NCC(=O)[C@H](Cc2c[nH]c3ccccc23)NC(=O)[C@H](Cc2ccc(O)cc2)NN[C@@H](CCC(=O)O)C(=O)C1=O)[C@@H](C)O. The molecule has 3 aromatic carbocycles. The number of aromatic hydroxyl groups is 1. The van der Waals surface area contributed by atoms with Gasteiger partial charge in [0, 0.05) is 62.7 Å². The first-order valence-corrected chi connectivity index (χ1v) is 45.3. The van der Waals surface area contributed by atoms with Crippen LogP contribution in [0.3, 0.4) is 0 Å². The Morgan fingerprint density at radius 1 is 0.603 bits per heavy atom. The van der Waals surface area contributed by atoms with Crippen LogP contribution in [0.4, 0.5) is 0 Å². The number of hydrogen-bond donors (Lipinski definition) is 21.